The number of carbonyl (C=O) groups excluding carboxylic acids is 1. The first kappa shape index (κ1) is 20.1. The summed E-state index contributed by atoms with van der Waals surface area (Å²) in [6, 6.07) is 11.2. The Morgan fingerprint density at radius 2 is 1.84 bits per heavy atom. The van der Waals surface area contributed by atoms with Crippen LogP contribution in [0.4, 0.5) is 22.9 Å². The van der Waals surface area contributed by atoms with Crippen molar-refractivity contribution in [2.24, 2.45) is 5.73 Å². The number of rotatable bonds is 6. The van der Waals surface area contributed by atoms with Gasteiger partial charge in [-0.15, -0.1) is 0 Å². The molecule has 0 aliphatic heterocycles. The molecule has 4 rings (SSSR count). The highest BCUT2D eigenvalue weighted by Gasteiger charge is 2.35. The van der Waals surface area contributed by atoms with Gasteiger partial charge in [0.1, 0.15) is 11.4 Å². The van der Waals surface area contributed by atoms with E-state index in [1.807, 2.05) is 49.4 Å². The van der Waals surface area contributed by atoms with Gasteiger partial charge in [-0.1, -0.05) is 18.2 Å². The van der Waals surface area contributed by atoms with Crippen LogP contribution in [-0.4, -0.2) is 20.9 Å². The van der Waals surface area contributed by atoms with Crippen LogP contribution in [0.5, 0.6) is 0 Å². The summed E-state index contributed by atoms with van der Waals surface area (Å²) in [6.07, 6.45) is 11.0. The Morgan fingerprint density at radius 1 is 1.06 bits per heavy atom. The lowest BCUT2D eigenvalue weighted by Crippen LogP contribution is -2.38. The van der Waals surface area contributed by atoms with Gasteiger partial charge >= 0.3 is 0 Å². The SMILES string of the molecule is Cc1cc(NC2(c3cc(Nc4ccncc4)ccn3)C=CC=C(C(N)=O)C2)cc(N)n1. The number of pyridine rings is 3. The van der Waals surface area contributed by atoms with Crippen LogP contribution in [0.1, 0.15) is 17.8 Å². The molecule has 0 aromatic carbocycles. The van der Waals surface area contributed by atoms with Crippen LogP contribution < -0.4 is 22.1 Å². The van der Waals surface area contributed by atoms with Gasteiger partial charge in [0.05, 0.1) is 5.69 Å². The van der Waals surface area contributed by atoms with Crippen molar-refractivity contribution in [2.45, 2.75) is 18.9 Å². The zero-order valence-electron chi connectivity index (χ0n) is 17.0. The molecule has 0 saturated heterocycles. The third kappa shape index (κ3) is 4.53. The predicted molar refractivity (Wildman–Crippen MR) is 121 cm³/mol. The van der Waals surface area contributed by atoms with E-state index in [1.165, 1.54) is 0 Å². The Bertz CT molecular complexity index is 1150. The number of nitrogens with one attached hydrogen (secondary N) is 2. The predicted octanol–water partition coefficient (Wildman–Crippen LogP) is 3.18. The summed E-state index contributed by atoms with van der Waals surface area (Å²) in [4.78, 5) is 24.9. The first-order valence-electron chi connectivity index (χ1n) is 9.78. The summed E-state index contributed by atoms with van der Waals surface area (Å²) in [5.41, 5.74) is 15.3. The van der Waals surface area contributed by atoms with E-state index >= 15 is 0 Å². The topological polar surface area (TPSA) is 132 Å². The van der Waals surface area contributed by atoms with E-state index in [1.54, 1.807) is 30.7 Å². The summed E-state index contributed by atoms with van der Waals surface area (Å²) in [6.45, 7) is 1.87. The van der Waals surface area contributed by atoms with E-state index < -0.39 is 11.4 Å². The van der Waals surface area contributed by atoms with E-state index in [0.717, 1.165) is 28.5 Å². The molecule has 1 aliphatic carbocycles. The van der Waals surface area contributed by atoms with E-state index in [2.05, 4.69) is 25.6 Å². The number of anilines is 4. The molecule has 1 unspecified atom stereocenters. The molecule has 3 aromatic rings. The smallest absolute Gasteiger partial charge is 0.244 e. The number of nitrogens with two attached hydrogens (primary N) is 2. The summed E-state index contributed by atoms with van der Waals surface area (Å²) in [5.74, 6) is -0.0591. The summed E-state index contributed by atoms with van der Waals surface area (Å²) in [5, 5.41) is 6.86. The second-order valence-corrected chi connectivity index (χ2v) is 7.40. The van der Waals surface area contributed by atoms with Gasteiger partial charge in [-0.05, 0) is 37.3 Å². The highest BCUT2D eigenvalue weighted by atomic mass is 16.1. The van der Waals surface area contributed by atoms with Crippen LogP contribution in [0.25, 0.3) is 0 Å². The van der Waals surface area contributed by atoms with Gasteiger partial charge in [-0.3, -0.25) is 14.8 Å². The van der Waals surface area contributed by atoms with Gasteiger partial charge in [-0.2, -0.15) is 0 Å². The quantitative estimate of drug-likeness (QED) is 0.488. The highest BCUT2D eigenvalue weighted by Crippen LogP contribution is 2.37. The molecule has 31 heavy (non-hydrogen) atoms. The number of primary amides is 1. The molecular formula is C23H23N7O. The molecule has 0 bridgehead atoms. The first-order valence-corrected chi connectivity index (χ1v) is 9.78. The zero-order chi connectivity index (χ0) is 21.8. The van der Waals surface area contributed by atoms with Crippen molar-refractivity contribution >= 4 is 28.8 Å². The van der Waals surface area contributed by atoms with E-state index in [4.69, 9.17) is 11.5 Å². The minimum atomic E-state index is -0.796. The minimum Gasteiger partial charge on any atom is -0.384 e. The maximum absolute atomic E-state index is 12.0. The molecule has 6 N–H and O–H groups in total. The molecule has 3 aromatic heterocycles. The van der Waals surface area contributed by atoms with Gasteiger partial charge in [0.25, 0.3) is 0 Å². The van der Waals surface area contributed by atoms with Crippen LogP contribution >= 0.6 is 0 Å². The number of aryl methyl sites for hydroxylation is 1. The number of nitrogens with zero attached hydrogens (tertiary/aromatic N) is 3. The normalized spacial score (nSPS) is 17.6. The zero-order valence-corrected chi connectivity index (χ0v) is 17.0. The fraction of sp³-hybridized carbons (Fsp3) is 0.130. The van der Waals surface area contributed by atoms with Gasteiger partial charge < -0.3 is 22.1 Å². The van der Waals surface area contributed by atoms with Crippen molar-refractivity contribution in [1.29, 1.82) is 0 Å². The maximum Gasteiger partial charge on any atom is 0.244 e. The lowest BCUT2D eigenvalue weighted by molar-refractivity contribution is -0.114. The van der Waals surface area contributed by atoms with Crippen LogP contribution in [0, 0.1) is 6.92 Å². The van der Waals surface area contributed by atoms with Crippen molar-refractivity contribution in [2.75, 3.05) is 16.4 Å². The van der Waals surface area contributed by atoms with Gasteiger partial charge in [0.15, 0.2) is 0 Å². The Kier molecular flexibility index (Phi) is 5.36. The largest absolute Gasteiger partial charge is 0.384 e. The number of hydrogen-bond acceptors (Lipinski definition) is 7. The molecule has 8 nitrogen and oxygen atoms in total. The summed E-state index contributed by atoms with van der Waals surface area (Å²) < 4.78 is 0. The fourth-order valence-corrected chi connectivity index (χ4v) is 3.62. The Balaban J connectivity index is 1.74. The third-order valence-corrected chi connectivity index (χ3v) is 4.99. The highest BCUT2D eigenvalue weighted by molar-refractivity contribution is 5.93. The fourth-order valence-electron chi connectivity index (χ4n) is 3.62. The standard InChI is InChI=1S/C23H23N7O/c1-15-11-19(13-21(24)28-15)30-23(7-2-3-16(14-23)22(25)31)20-12-18(6-10-27-20)29-17-4-8-26-9-5-17/h2-13H,14H2,1H3,(H2,25,31)(H3,24,28,30)(H,26,27,29). The van der Waals surface area contributed by atoms with Gasteiger partial charge in [0.2, 0.25) is 5.91 Å². The van der Waals surface area contributed by atoms with Crippen LogP contribution in [0.15, 0.2) is 78.8 Å². The number of carbonyl (C=O) groups is 1. The van der Waals surface area contributed by atoms with Crippen LogP contribution in [0.2, 0.25) is 0 Å². The Morgan fingerprint density at radius 3 is 2.58 bits per heavy atom. The Labute approximate surface area is 180 Å². The monoisotopic (exact) mass is 413 g/mol. The van der Waals surface area contributed by atoms with Crippen molar-refractivity contribution in [3.63, 3.8) is 0 Å². The average Bonchev–Trinajstić information content (AvgIpc) is 2.74. The molecule has 1 aliphatic rings. The molecule has 0 saturated carbocycles. The van der Waals surface area contributed by atoms with E-state index in [9.17, 15) is 4.79 Å². The van der Waals surface area contributed by atoms with Crippen molar-refractivity contribution in [3.8, 4) is 0 Å². The van der Waals surface area contributed by atoms with Crippen LogP contribution in [-0.2, 0) is 10.3 Å². The average molecular weight is 413 g/mol. The molecule has 1 atom stereocenters. The number of nitrogen functional groups attached to an aromatic ring is 1. The van der Waals surface area contributed by atoms with Crippen molar-refractivity contribution in [1.82, 2.24) is 15.0 Å². The summed E-state index contributed by atoms with van der Waals surface area (Å²) in [7, 11) is 0. The van der Waals surface area contributed by atoms with Crippen molar-refractivity contribution in [3.05, 3.63) is 90.2 Å². The van der Waals surface area contributed by atoms with E-state index in [-0.39, 0.29) is 0 Å². The lowest BCUT2D eigenvalue weighted by atomic mass is 9.82. The minimum absolute atomic E-state index is 0.339. The number of amides is 1. The molecule has 8 heteroatoms. The van der Waals surface area contributed by atoms with Crippen LogP contribution in [0.3, 0.4) is 0 Å². The Hall–Kier alpha value is -4.20. The molecule has 0 spiro atoms. The molecule has 156 valence electrons. The lowest BCUT2D eigenvalue weighted by Gasteiger charge is -2.35. The second kappa shape index (κ2) is 8.27. The molecule has 0 radical (unpaired) electrons. The second-order valence-electron chi connectivity index (χ2n) is 7.40. The number of aromatic nitrogens is 3. The van der Waals surface area contributed by atoms with Crippen molar-refractivity contribution < 1.29 is 4.79 Å². The molecule has 1 amide bonds. The molecule has 0 fully saturated rings. The first-order chi connectivity index (χ1) is 14.9. The van der Waals surface area contributed by atoms with Gasteiger partial charge in [0, 0.05) is 59.4 Å². The maximum atomic E-state index is 12.0. The molecular weight excluding hydrogens is 390 g/mol. The number of hydrogen-bond donors (Lipinski definition) is 4. The molecule has 3 heterocycles. The summed E-state index contributed by atoms with van der Waals surface area (Å²) >= 11 is 0. The van der Waals surface area contributed by atoms with Gasteiger partial charge in [-0.25, -0.2) is 4.98 Å². The van der Waals surface area contributed by atoms with E-state index in [0.29, 0.717) is 17.8 Å². The third-order valence-electron chi connectivity index (χ3n) is 4.99. The number of allylic oxidation sites excluding steroid dienone is 2.